The lowest BCUT2D eigenvalue weighted by atomic mass is 10.3. The number of halogens is 1. The fourth-order valence-corrected chi connectivity index (χ4v) is 0.897. The van der Waals surface area contributed by atoms with Crippen LogP contribution in [0.5, 0.6) is 0 Å². The largest absolute Gasteiger partial charge is 0.264 e. The highest BCUT2D eigenvalue weighted by atomic mass is 35.5. The summed E-state index contributed by atoms with van der Waals surface area (Å²) in [5.74, 6) is 0.611. The van der Waals surface area contributed by atoms with E-state index in [1.165, 1.54) is 0 Å². The van der Waals surface area contributed by atoms with Gasteiger partial charge in [0.15, 0.2) is 0 Å². The average Bonchev–Trinajstić information content (AvgIpc) is 2.14. The molecule has 1 heterocycles. The van der Waals surface area contributed by atoms with Crippen LogP contribution in [0.15, 0.2) is 24.5 Å². The third kappa shape index (κ3) is 3.67. The number of alkyl halides is 1. The molecule has 1 aromatic heterocycles. The second kappa shape index (κ2) is 5.94. The lowest BCUT2D eigenvalue weighted by molar-refractivity contribution is 0.551. The second-order valence-electron chi connectivity index (χ2n) is 2.33. The molecular weight excluding hydrogens is 174 g/mol. The van der Waals surface area contributed by atoms with Crippen molar-refractivity contribution in [2.24, 2.45) is 0 Å². The highest BCUT2D eigenvalue weighted by molar-refractivity contribution is 6.18. The van der Waals surface area contributed by atoms with Gasteiger partial charge in [0.05, 0.1) is 0 Å². The van der Waals surface area contributed by atoms with Gasteiger partial charge in [-0.15, -0.1) is 11.6 Å². The van der Waals surface area contributed by atoms with E-state index in [0.717, 1.165) is 18.7 Å². The summed E-state index contributed by atoms with van der Waals surface area (Å²) in [6, 6.07) is 3.93. The van der Waals surface area contributed by atoms with Crippen LogP contribution < -0.4 is 10.9 Å². The summed E-state index contributed by atoms with van der Waals surface area (Å²) in [6.07, 6.45) is 3.59. The lowest BCUT2D eigenvalue weighted by Gasteiger charge is -2.03. The Labute approximate surface area is 77.1 Å². The maximum absolute atomic E-state index is 5.47. The van der Waals surface area contributed by atoms with Gasteiger partial charge in [-0.3, -0.25) is 15.8 Å². The Morgan fingerprint density at radius 3 is 3.00 bits per heavy atom. The third-order valence-corrected chi connectivity index (χ3v) is 1.55. The maximum atomic E-state index is 5.47. The van der Waals surface area contributed by atoms with Gasteiger partial charge in [0, 0.05) is 31.4 Å². The standard InChI is InChI=1S/C8H12ClN3/c9-3-5-11-12-7-8-2-1-4-10-6-8/h1-2,4,6,11-12H,3,5,7H2. The van der Waals surface area contributed by atoms with Crippen molar-refractivity contribution in [3.63, 3.8) is 0 Å². The van der Waals surface area contributed by atoms with Crippen LogP contribution in [-0.4, -0.2) is 17.4 Å². The molecule has 0 spiro atoms. The molecule has 4 heteroatoms. The third-order valence-electron chi connectivity index (χ3n) is 1.36. The lowest BCUT2D eigenvalue weighted by Crippen LogP contribution is -2.32. The van der Waals surface area contributed by atoms with Gasteiger partial charge in [0.1, 0.15) is 0 Å². The van der Waals surface area contributed by atoms with Crippen LogP contribution in [-0.2, 0) is 6.54 Å². The Bertz CT molecular complexity index is 203. The van der Waals surface area contributed by atoms with Crippen molar-refractivity contribution in [1.82, 2.24) is 15.8 Å². The molecule has 0 aromatic carbocycles. The summed E-state index contributed by atoms with van der Waals surface area (Å²) in [4.78, 5) is 3.99. The first-order chi connectivity index (χ1) is 5.93. The Morgan fingerprint density at radius 2 is 2.33 bits per heavy atom. The molecule has 0 saturated carbocycles. The molecule has 0 fully saturated rings. The summed E-state index contributed by atoms with van der Waals surface area (Å²) < 4.78 is 0. The van der Waals surface area contributed by atoms with Crippen molar-refractivity contribution in [3.8, 4) is 0 Å². The van der Waals surface area contributed by atoms with E-state index in [1.807, 2.05) is 18.3 Å². The van der Waals surface area contributed by atoms with Crippen LogP contribution in [0.1, 0.15) is 5.56 Å². The quantitative estimate of drug-likeness (QED) is 0.407. The molecule has 1 aromatic rings. The first-order valence-corrected chi connectivity index (χ1v) is 4.37. The van der Waals surface area contributed by atoms with Gasteiger partial charge in [-0.05, 0) is 11.6 Å². The molecule has 0 bridgehead atoms. The van der Waals surface area contributed by atoms with E-state index in [2.05, 4.69) is 15.8 Å². The van der Waals surface area contributed by atoms with Crippen molar-refractivity contribution in [2.45, 2.75) is 6.54 Å². The van der Waals surface area contributed by atoms with E-state index >= 15 is 0 Å². The average molecular weight is 186 g/mol. The van der Waals surface area contributed by atoms with Crippen molar-refractivity contribution < 1.29 is 0 Å². The van der Waals surface area contributed by atoms with E-state index in [-0.39, 0.29) is 0 Å². The first-order valence-electron chi connectivity index (χ1n) is 3.84. The number of nitrogens with zero attached hydrogens (tertiary/aromatic N) is 1. The monoisotopic (exact) mass is 185 g/mol. The van der Waals surface area contributed by atoms with E-state index < -0.39 is 0 Å². The Hall–Kier alpha value is -0.640. The summed E-state index contributed by atoms with van der Waals surface area (Å²) >= 11 is 5.47. The second-order valence-corrected chi connectivity index (χ2v) is 2.71. The van der Waals surface area contributed by atoms with Gasteiger partial charge in [-0.25, -0.2) is 0 Å². The molecule has 2 N–H and O–H groups in total. The minimum absolute atomic E-state index is 0.611. The Balaban J connectivity index is 2.16. The van der Waals surface area contributed by atoms with Crippen LogP contribution in [0.4, 0.5) is 0 Å². The molecule has 0 aliphatic carbocycles. The fraction of sp³-hybridized carbons (Fsp3) is 0.375. The van der Waals surface area contributed by atoms with E-state index in [4.69, 9.17) is 11.6 Å². The summed E-state index contributed by atoms with van der Waals surface area (Å²) in [5, 5.41) is 0. The Morgan fingerprint density at radius 1 is 1.42 bits per heavy atom. The predicted octanol–water partition coefficient (Wildman–Crippen LogP) is 0.915. The topological polar surface area (TPSA) is 37.0 Å². The zero-order valence-electron chi connectivity index (χ0n) is 6.76. The van der Waals surface area contributed by atoms with Gasteiger partial charge in [-0.2, -0.15) is 0 Å². The molecule has 1 rings (SSSR count). The van der Waals surface area contributed by atoms with E-state index in [9.17, 15) is 0 Å². The van der Waals surface area contributed by atoms with Crippen LogP contribution >= 0.6 is 11.6 Å². The number of aromatic nitrogens is 1. The molecule has 0 aliphatic heterocycles. The highest BCUT2D eigenvalue weighted by Crippen LogP contribution is 1.92. The SMILES string of the molecule is ClCCNNCc1cccnc1. The van der Waals surface area contributed by atoms with Crippen LogP contribution in [0.3, 0.4) is 0 Å². The first kappa shape index (κ1) is 9.45. The molecular formula is C8H12ClN3. The summed E-state index contributed by atoms with van der Waals surface area (Å²) in [7, 11) is 0. The minimum Gasteiger partial charge on any atom is -0.264 e. The van der Waals surface area contributed by atoms with Crippen LogP contribution in [0, 0.1) is 0 Å². The van der Waals surface area contributed by atoms with E-state index in [0.29, 0.717) is 5.88 Å². The smallest absolute Gasteiger partial charge is 0.0366 e. The van der Waals surface area contributed by atoms with E-state index in [1.54, 1.807) is 6.20 Å². The zero-order chi connectivity index (χ0) is 8.65. The van der Waals surface area contributed by atoms with Gasteiger partial charge in [0.2, 0.25) is 0 Å². The number of nitrogens with one attached hydrogen (secondary N) is 2. The maximum Gasteiger partial charge on any atom is 0.0366 e. The molecule has 12 heavy (non-hydrogen) atoms. The molecule has 0 radical (unpaired) electrons. The number of hydrazine groups is 1. The van der Waals surface area contributed by atoms with Crippen molar-refractivity contribution >= 4 is 11.6 Å². The summed E-state index contributed by atoms with van der Waals surface area (Å²) in [5.41, 5.74) is 7.15. The fourth-order valence-electron chi connectivity index (χ4n) is 0.803. The number of hydrogen-bond donors (Lipinski definition) is 2. The van der Waals surface area contributed by atoms with Crippen LogP contribution in [0.25, 0.3) is 0 Å². The molecule has 0 atom stereocenters. The van der Waals surface area contributed by atoms with Crippen molar-refractivity contribution in [2.75, 3.05) is 12.4 Å². The Kier molecular flexibility index (Phi) is 4.68. The van der Waals surface area contributed by atoms with Crippen LogP contribution in [0.2, 0.25) is 0 Å². The number of pyridine rings is 1. The minimum atomic E-state index is 0.611. The normalized spacial score (nSPS) is 10.1. The van der Waals surface area contributed by atoms with Crippen molar-refractivity contribution in [3.05, 3.63) is 30.1 Å². The van der Waals surface area contributed by atoms with Gasteiger partial charge >= 0.3 is 0 Å². The number of hydrogen-bond acceptors (Lipinski definition) is 3. The molecule has 0 saturated heterocycles. The van der Waals surface area contributed by atoms with Gasteiger partial charge in [0.25, 0.3) is 0 Å². The molecule has 0 amide bonds. The highest BCUT2D eigenvalue weighted by Gasteiger charge is 1.88. The zero-order valence-corrected chi connectivity index (χ0v) is 7.51. The van der Waals surface area contributed by atoms with Crippen molar-refractivity contribution in [1.29, 1.82) is 0 Å². The molecule has 66 valence electrons. The molecule has 0 aliphatic rings. The summed E-state index contributed by atoms with van der Waals surface area (Å²) in [6.45, 7) is 1.53. The predicted molar refractivity (Wildman–Crippen MR) is 49.8 cm³/mol. The molecule has 3 nitrogen and oxygen atoms in total. The van der Waals surface area contributed by atoms with Gasteiger partial charge < -0.3 is 0 Å². The number of rotatable bonds is 5. The molecule has 0 unspecified atom stereocenters. The van der Waals surface area contributed by atoms with Gasteiger partial charge in [-0.1, -0.05) is 6.07 Å².